The highest BCUT2D eigenvalue weighted by Gasteiger charge is 2.26. The van der Waals surface area contributed by atoms with Crippen LogP contribution < -0.4 is 11.1 Å². The molecule has 1 aromatic carbocycles. The van der Waals surface area contributed by atoms with Crippen molar-refractivity contribution in [1.82, 2.24) is 4.90 Å². The molecule has 0 radical (unpaired) electrons. The lowest BCUT2D eigenvalue weighted by Crippen LogP contribution is -2.42. The van der Waals surface area contributed by atoms with Gasteiger partial charge in [-0.1, -0.05) is 33.3 Å². The number of halogens is 1. The van der Waals surface area contributed by atoms with Gasteiger partial charge in [-0.25, -0.2) is 0 Å². The standard InChI is InChI=1S/C20H31N3O2.ClH/c1-5-6-17(21)19(24)22-18-10-16(8-7-15(18)4)20(25)23-11-13(2)9-14(3)12-23;/h7-8,10,13-14,17H,5-6,9,11-12,21H2,1-4H3,(H,22,24);1H. The van der Waals surface area contributed by atoms with Gasteiger partial charge in [0.25, 0.3) is 5.91 Å². The Morgan fingerprint density at radius 3 is 2.46 bits per heavy atom. The molecule has 1 heterocycles. The molecule has 1 saturated heterocycles. The summed E-state index contributed by atoms with van der Waals surface area (Å²) in [6.45, 7) is 9.87. The number of nitrogens with zero attached hydrogens (tertiary/aromatic N) is 1. The van der Waals surface area contributed by atoms with E-state index in [9.17, 15) is 9.59 Å². The molecule has 1 aromatic rings. The predicted molar refractivity (Wildman–Crippen MR) is 109 cm³/mol. The van der Waals surface area contributed by atoms with Crippen molar-refractivity contribution >= 4 is 29.9 Å². The zero-order chi connectivity index (χ0) is 18.6. The van der Waals surface area contributed by atoms with Crippen molar-refractivity contribution in [2.75, 3.05) is 18.4 Å². The quantitative estimate of drug-likeness (QED) is 0.818. The maximum Gasteiger partial charge on any atom is 0.253 e. The molecule has 0 spiro atoms. The summed E-state index contributed by atoms with van der Waals surface area (Å²) in [5, 5.41) is 2.88. The lowest BCUT2D eigenvalue weighted by Gasteiger charge is -2.35. The maximum absolute atomic E-state index is 12.9. The third-order valence-corrected chi connectivity index (χ3v) is 4.83. The number of carbonyl (C=O) groups is 2. The first kappa shape index (κ1) is 22.5. The largest absolute Gasteiger partial charge is 0.338 e. The second-order valence-electron chi connectivity index (χ2n) is 7.57. The van der Waals surface area contributed by atoms with Crippen LogP contribution in [-0.4, -0.2) is 35.8 Å². The topological polar surface area (TPSA) is 75.4 Å². The molecule has 0 aliphatic carbocycles. The third kappa shape index (κ3) is 5.71. The minimum atomic E-state index is -0.521. The summed E-state index contributed by atoms with van der Waals surface area (Å²) in [6.07, 6.45) is 2.67. The number of carbonyl (C=O) groups excluding carboxylic acids is 2. The van der Waals surface area contributed by atoms with E-state index in [1.54, 1.807) is 6.07 Å². The molecule has 0 saturated carbocycles. The van der Waals surface area contributed by atoms with Crippen LogP contribution in [0.15, 0.2) is 18.2 Å². The number of rotatable bonds is 5. The molecule has 1 aliphatic heterocycles. The van der Waals surface area contributed by atoms with E-state index in [-0.39, 0.29) is 24.2 Å². The van der Waals surface area contributed by atoms with Gasteiger partial charge < -0.3 is 16.0 Å². The van der Waals surface area contributed by atoms with Crippen molar-refractivity contribution in [3.63, 3.8) is 0 Å². The van der Waals surface area contributed by atoms with E-state index in [2.05, 4.69) is 19.2 Å². The smallest absolute Gasteiger partial charge is 0.253 e. The van der Waals surface area contributed by atoms with Crippen LogP contribution in [0.5, 0.6) is 0 Å². The minimum absolute atomic E-state index is 0. The summed E-state index contributed by atoms with van der Waals surface area (Å²) in [5.41, 5.74) is 8.09. The average molecular weight is 382 g/mol. The first-order valence-electron chi connectivity index (χ1n) is 9.28. The molecule has 5 nitrogen and oxygen atoms in total. The maximum atomic E-state index is 12.9. The minimum Gasteiger partial charge on any atom is -0.338 e. The number of amides is 2. The van der Waals surface area contributed by atoms with E-state index in [1.807, 2.05) is 30.9 Å². The van der Waals surface area contributed by atoms with Gasteiger partial charge in [0.2, 0.25) is 5.91 Å². The van der Waals surface area contributed by atoms with E-state index in [0.29, 0.717) is 29.5 Å². The monoisotopic (exact) mass is 381 g/mol. The lowest BCUT2D eigenvalue weighted by molar-refractivity contribution is -0.117. The molecule has 1 aliphatic rings. The molecule has 146 valence electrons. The normalized spacial score (nSPS) is 20.9. The molecule has 3 unspecified atom stereocenters. The van der Waals surface area contributed by atoms with E-state index >= 15 is 0 Å². The third-order valence-electron chi connectivity index (χ3n) is 4.83. The Labute approximate surface area is 163 Å². The van der Waals surface area contributed by atoms with E-state index in [1.165, 1.54) is 0 Å². The van der Waals surface area contributed by atoms with Crippen LogP contribution in [0, 0.1) is 18.8 Å². The van der Waals surface area contributed by atoms with Crippen molar-refractivity contribution in [2.24, 2.45) is 17.6 Å². The fourth-order valence-corrected chi connectivity index (χ4v) is 3.57. The number of likely N-dealkylation sites (tertiary alicyclic amines) is 1. The van der Waals surface area contributed by atoms with Gasteiger partial charge in [-0.05, 0) is 49.3 Å². The fraction of sp³-hybridized carbons (Fsp3) is 0.600. The molecule has 3 N–H and O–H groups in total. The highest BCUT2D eigenvalue weighted by molar-refractivity contribution is 5.99. The molecule has 1 fully saturated rings. The van der Waals surface area contributed by atoms with Crippen molar-refractivity contribution in [3.05, 3.63) is 29.3 Å². The second-order valence-corrected chi connectivity index (χ2v) is 7.57. The number of aryl methyl sites for hydroxylation is 1. The fourth-order valence-electron chi connectivity index (χ4n) is 3.57. The number of hydrogen-bond acceptors (Lipinski definition) is 3. The number of benzene rings is 1. The number of anilines is 1. The van der Waals surface area contributed by atoms with E-state index < -0.39 is 6.04 Å². The molecule has 6 heteroatoms. The van der Waals surface area contributed by atoms with Gasteiger partial charge in [0.1, 0.15) is 0 Å². The number of piperidine rings is 1. The van der Waals surface area contributed by atoms with Crippen molar-refractivity contribution in [3.8, 4) is 0 Å². The molecular formula is C20H32ClN3O2. The summed E-state index contributed by atoms with van der Waals surface area (Å²) in [4.78, 5) is 27.0. The molecule has 0 bridgehead atoms. The van der Waals surface area contributed by atoms with Gasteiger partial charge in [0.05, 0.1) is 6.04 Å². The molecule has 2 amide bonds. The SMILES string of the molecule is CCCC(N)C(=O)Nc1cc(C(=O)N2CC(C)CC(C)C2)ccc1C.Cl. The molecule has 26 heavy (non-hydrogen) atoms. The zero-order valence-electron chi connectivity index (χ0n) is 16.2. The van der Waals surface area contributed by atoms with Crippen LogP contribution in [0.2, 0.25) is 0 Å². The molecule has 3 atom stereocenters. The van der Waals surface area contributed by atoms with Crippen molar-refractivity contribution in [1.29, 1.82) is 0 Å². The molecule has 2 rings (SSSR count). The summed E-state index contributed by atoms with van der Waals surface area (Å²) >= 11 is 0. The number of hydrogen-bond donors (Lipinski definition) is 2. The van der Waals surface area contributed by atoms with E-state index in [0.717, 1.165) is 31.5 Å². The van der Waals surface area contributed by atoms with Crippen LogP contribution in [0.25, 0.3) is 0 Å². The van der Waals surface area contributed by atoms with Crippen molar-refractivity contribution in [2.45, 2.75) is 53.0 Å². The first-order valence-corrected chi connectivity index (χ1v) is 9.28. The van der Waals surface area contributed by atoms with Gasteiger partial charge in [0, 0.05) is 24.3 Å². The second kappa shape index (κ2) is 9.93. The lowest BCUT2D eigenvalue weighted by atomic mass is 9.91. The molecular weight excluding hydrogens is 350 g/mol. The number of nitrogens with two attached hydrogens (primary N) is 1. The van der Waals surface area contributed by atoms with Gasteiger partial charge in [-0.3, -0.25) is 9.59 Å². The van der Waals surface area contributed by atoms with Crippen molar-refractivity contribution < 1.29 is 9.59 Å². The average Bonchev–Trinajstić information content (AvgIpc) is 2.55. The van der Waals surface area contributed by atoms with Crippen LogP contribution in [0.3, 0.4) is 0 Å². The number of nitrogens with one attached hydrogen (secondary N) is 1. The Balaban J connectivity index is 0.00000338. The van der Waals surface area contributed by atoms with Crippen LogP contribution >= 0.6 is 12.4 Å². The van der Waals surface area contributed by atoms with Gasteiger partial charge in [-0.15, -0.1) is 12.4 Å². The Kier molecular flexibility index (Phi) is 8.57. The van der Waals surface area contributed by atoms with E-state index in [4.69, 9.17) is 5.73 Å². The Morgan fingerprint density at radius 2 is 1.88 bits per heavy atom. The summed E-state index contributed by atoms with van der Waals surface area (Å²) in [7, 11) is 0. The van der Waals surface area contributed by atoms with Crippen LogP contribution in [0.4, 0.5) is 5.69 Å². The first-order chi connectivity index (χ1) is 11.8. The van der Waals surface area contributed by atoms with Gasteiger partial charge >= 0.3 is 0 Å². The van der Waals surface area contributed by atoms with Gasteiger partial charge in [-0.2, -0.15) is 0 Å². The Morgan fingerprint density at radius 1 is 1.27 bits per heavy atom. The summed E-state index contributed by atoms with van der Waals surface area (Å²) in [6, 6.07) is 4.97. The molecule has 0 aromatic heterocycles. The highest BCUT2D eigenvalue weighted by Crippen LogP contribution is 2.24. The summed E-state index contributed by atoms with van der Waals surface area (Å²) in [5.74, 6) is 0.871. The van der Waals surface area contributed by atoms with Crippen LogP contribution in [-0.2, 0) is 4.79 Å². The highest BCUT2D eigenvalue weighted by atomic mass is 35.5. The summed E-state index contributed by atoms with van der Waals surface area (Å²) < 4.78 is 0. The zero-order valence-corrected chi connectivity index (χ0v) is 17.1. The van der Waals surface area contributed by atoms with Crippen LogP contribution in [0.1, 0.15) is 56.0 Å². The Hall–Kier alpha value is -1.59. The van der Waals surface area contributed by atoms with Gasteiger partial charge in [0.15, 0.2) is 0 Å². The predicted octanol–water partition coefficient (Wildman–Crippen LogP) is 3.60. The Bertz CT molecular complexity index is 625.